The largest absolute Gasteiger partial charge is 0.399 e. The third-order valence-electron chi connectivity index (χ3n) is 1.78. The Labute approximate surface area is 87.3 Å². The molecule has 0 aliphatic rings. The van der Waals surface area contributed by atoms with Gasteiger partial charge in [-0.15, -0.1) is 0 Å². The van der Waals surface area contributed by atoms with Crippen molar-refractivity contribution in [3.8, 4) is 0 Å². The van der Waals surface area contributed by atoms with Crippen LogP contribution >= 0.6 is 0 Å². The van der Waals surface area contributed by atoms with Gasteiger partial charge in [0, 0.05) is 5.69 Å². The summed E-state index contributed by atoms with van der Waals surface area (Å²) in [6.45, 7) is 1.77. The Balaban J connectivity index is 2.71. The summed E-state index contributed by atoms with van der Waals surface area (Å²) < 4.78 is 0. The van der Waals surface area contributed by atoms with Gasteiger partial charge in [0.15, 0.2) is 0 Å². The quantitative estimate of drug-likeness (QED) is 0.182. The summed E-state index contributed by atoms with van der Waals surface area (Å²) in [6.07, 6.45) is 0. The third kappa shape index (κ3) is 3.28. The molecule has 0 radical (unpaired) electrons. The third-order valence-corrected chi connectivity index (χ3v) is 1.78. The van der Waals surface area contributed by atoms with Crippen LogP contribution in [0.25, 0.3) is 0 Å². The number of nitrogen functional groups attached to an aromatic ring is 1. The van der Waals surface area contributed by atoms with Crippen LogP contribution in [0.5, 0.6) is 0 Å². The van der Waals surface area contributed by atoms with Crippen LogP contribution in [-0.4, -0.2) is 11.7 Å². The Morgan fingerprint density at radius 2 is 1.93 bits per heavy atom. The number of anilines is 1. The molecular weight excluding hydrogens is 194 g/mol. The van der Waals surface area contributed by atoms with Gasteiger partial charge in [0.1, 0.15) is 0 Å². The summed E-state index contributed by atoms with van der Waals surface area (Å²) in [5.41, 5.74) is 11.9. The first-order chi connectivity index (χ1) is 7.13. The van der Waals surface area contributed by atoms with Crippen LogP contribution in [0.1, 0.15) is 12.5 Å². The van der Waals surface area contributed by atoms with E-state index >= 15 is 0 Å². The van der Waals surface area contributed by atoms with E-state index in [-0.39, 0.29) is 0 Å². The zero-order valence-corrected chi connectivity index (χ0v) is 8.32. The normalized spacial score (nSPS) is 10.9. The minimum atomic E-state index is -0.565. The fourth-order valence-corrected chi connectivity index (χ4v) is 0.956. The number of amides is 2. The maximum Gasteiger partial charge on any atom is 0.349 e. The molecule has 6 N–H and O–H groups in total. The highest BCUT2D eigenvalue weighted by molar-refractivity contribution is 5.99. The zero-order chi connectivity index (χ0) is 11.3. The predicted octanol–water partition coefficient (Wildman–Crippen LogP) is 0.166. The molecule has 6 heteroatoms. The molecule has 0 aliphatic heterocycles. The molecule has 0 atom stereocenters. The van der Waals surface area contributed by atoms with Crippen molar-refractivity contribution < 1.29 is 4.79 Å². The van der Waals surface area contributed by atoms with E-state index in [0.29, 0.717) is 11.4 Å². The van der Waals surface area contributed by atoms with Crippen LogP contribution in [0.3, 0.4) is 0 Å². The molecule has 0 fully saturated rings. The van der Waals surface area contributed by atoms with Crippen LogP contribution in [0.15, 0.2) is 29.4 Å². The number of carbonyl (C=O) groups excluding carboxylic acids is 1. The minimum Gasteiger partial charge on any atom is -0.399 e. The molecule has 1 aromatic rings. The van der Waals surface area contributed by atoms with Gasteiger partial charge in [-0.2, -0.15) is 5.10 Å². The SMILES string of the molecule is C/C(=N\NC(=O)NN)c1ccc(N)cc1. The van der Waals surface area contributed by atoms with E-state index in [9.17, 15) is 4.79 Å². The number of urea groups is 1. The molecular formula is C9H13N5O. The number of nitrogens with two attached hydrogens (primary N) is 2. The first-order valence-electron chi connectivity index (χ1n) is 4.30. The van der Waals surface area contributed by atoms with Gasteiger partial charge in [-0.1, -0.05) is 12.1 Å². The van der Waals surface area contributed by atoms with E-state index < -0.39 is 6.03 Å². The number of rotatable bonds is 2. The minimum absolute atomic E-state index is 0.565. The van der Waals surface area contributed by atoms with Crippen molar-refractivity contribution in [3.05, 3.63) is 29.8 Å². The molecule has 80 valence electrons. The van der Waals surface area contributed by atoms with Crippen molar-refractivity contribution in [3.63, 3.8) is 0 Å². The molecule has 0 saturated heterocycles. The van der Waals surface area contributed by atoms with E-state index in [1.165, 1.54) is 0 Å². The first-order valence-corrected chi connectivity index (χ1v) is 4.30. The van der Waals surface area contributed by atoms with Gasteiger partial charge in [-0.05, 0) is 24.6 Å². The monoisotopic (exact) mass is 207 g/mol. The van der Waals surface area contributed by atoms with Gasteiger partial charge in [-0.3, -0.25) is 5.43 Å². The lowest BCUT2D eigenvalue weighted by atomic mass is 10.1. The summed E-state index contributed by atoms with van der Waals surface area (Å²) in [6, 6.07) is 6.59. The van der Waals surface area contributed by atoms with E-state index in [1.54, 1.807) is 19.1 Å². The van der Waals surface area contributed by atoms with Gasteiger partial charge < -0.3 is 5.73 Å². The smallest absolute Gasteiger partial charge is 0.349 e. The fourth-order valence-electron chi connectivity index (χ4n) is 0.956. The van der Waals surface area contributed by atoms with Gasteiger partial charge in [0.25, 0.3) is 0 Å². The summed E-state index contributed by atoms with van der Waals surface area (Å²) in [5.74, 6) is 4.87. The van der Waals surface area contributed by atoms with Crippen LogP contribution < -0.4 is 22.4 Å². The summed E-state index contributed by atoms with van der Waals surface area (Å²) >= 11 is 0. The Hall–Kier alpha value is -2.08. The molecule has 1 rings (SSSR count). The fraction of sp³-hybridized carbons (Fsp3) is 0.111. The van der Waals surface area contributed by atoms with Crippen molar-refractivity contribution in [2.24, 2.45) is 10.9 Å². The second kappa shape index (κ2) is 4.97. The lowest BCUT2D eigenvalue weighted by Gasteiger charge is -2.02. The molecule has 0 spiro atoms. The molecule has 0 heterocycles. The molecule has 0 saturated carbocycles. The number of nitrogens with one attached hydrogen (secondary N) is 2. The number of hydrazine groups is 1. The number of benzene rings is 1. The van der Waals surface area contributed by atoms with Crippen LogP contribution in [0, 0.1) is 0 Å². The van der Waals surface area contributed by atoms with Gasteiger partial charge in [0.2, 0.25) is 0 Å². The number of nitrogens with zero attached hydrogens (tertiary/aromatic N) is 1. The summed E-state index contributed by atoms with van der Waals surface area (Å²) in [7, 11) is 0. The van der Waals surface area contributed by atoms with Gasteiger partial charge in [0.05, 0.1) is 5.71 Å². The van der Waals surface area contributed by atoms with Crippen molar-refractivity contribution in [2.75, 3.05) is 5.73 Å². The van der Waals surface area contributed by atoms with Gasteiger partial charge in [-0.25, -0.2) is 16.1 Å². The number of hydrogen-bond donors (Lipinski definition) is 4. The molecule has 15 heavy (non-hydrogen) atoms. The van der Waals surface area contributed by atoms with E-state index in [2.05, 4.69) is 10.5 Å². The maximum absolute atomic E-state index is 10.7. The number of carbonyl (C=O) groups is 1. The van der Waals surface area contributed by atoms with Crippen molar-refractivity contribution in [2.45, 2.75) is 6.92 Å². The highest BCUT2D eigenvalue weighted by Gasteiger charge is 1.98. The second-order valence-electron chi connectivity index (χ2n) is 2.90. The molecule has 0 bridgehead atoms. The summed E-state index contributed by atoms with van der Waals surface area (Å²) in [5, 5.41) is 3.83. The van der Waals surface area contributed by atoms with E-state index in [0.717, 1.165) is 5.56 Å². The molecule has 1 aromatic carbocycles. The summed E-state index contributed by atoms with van der Waals surface area (Å²) in [4.78, 5) is 10.7. The first kappa shape index (κ1) is 11.0. The lowest BCUT2D eigenvalue weighted by molar-refractivity contribution is 0.241. The Bertz CT molecular complexity index is 371. The Morgan fingerprint density at radius 1 is 1.33 bits per heavy atom. The van der Waals surface area contributed by atoms with Crippen LogP contribution in [0.2, 0.25) is 0 Å². The van der Waals surface area contributed by atoms with Crippen molar-refractivity contribution >= 4 is 17.4 Å². The van der Waals surface area contributed by atoms with Crippen molar-refractivity contribution in [1.29, 1.82) is 0 Å². The zero-order valence-electron chi connectivity index (χ0n) is 8.32. The van der Waals surface area contributed by atoms with E-state index in [1.807, 2.05) is 17.6 Å². The number of hydrazone groups is 1. The highest BCUT2D eigenvalue weighted by Crippen LogP contribution is 2.06. The second-order valence-corrected chi connectivity index (χ2v) is 2.90. The molecule has 0 aliphatic carbocycles. The topological polar surface area (TPSA) is 106 Å². The standard InChI is InChI=1S/C9H13N5O/c1-6(13-14-9(15)12-11)7-2-4-8(10)5-3-7/h2-5H,10-11H2,1H3,(H2,12,14,15)/b13-6+. The lowest BCUT2D eigenvalue weighted by Crippen LogP contribution is -2.37. The van der Waals surface area contributed by atoms with Crippen LogP contribution in [-0.2, 0) is 0 Å². The average Bonchev–Trinajstić information content (AvgIpc) is 2.26. The molecule has 0 aromatic heterocycles. The predicted molar refractivity (Wildman–Crippen MR) is 58.9 cm³/mol. The van der Waals surface area contributed by atoms with Crippen LogP contribution in [0.4, 0.5) is 10.5 Å². The molecule has 6 nitrogen and oxygen atoms in total. The molecule has 0 unspecified atom stereocenters. The molecule has 2 amide bonds. The Morgan fingerprint density at radius 3 is 2.47 bits per heavy atom. The highest BCUT2D eigenvalue weighted by atomic mass is 16.2. The van der Waals surface area contributed by atoms with Gasteiger partial charge >= 0.3 is 6.03 Å². The van der Waals surface area contributed by atoms with Crippen molar-refractivity contribution in [1.82, 2.24) is 10.9 Å². The maximum atomic E-state index is 10.7. The van der Waals surface area contributed by atoms with E-state index in [4.69, 9.17) is 11.6 Å². The number of hydrogen-bond acceptors (Lipinski definition) is 4. The Kier molecular flexibility index (Phi) is 3.64. The average molecular weight is 207 g/mol.